The second kappa shape index (κ2) is 11.2. The van der Waals surface area contributed by atoms with Gasteiger partial charge in [0.25, 0.3) is 0 Å². The Bertz CT molecular complexity index is 1140. The van der Waals surface area contributed by atoms with Gasteiger partial charge in [0.2, 0.25) is 0 Å². The first-order valence-corrected chi connectivity index (χ1v) is 10.2. The van der Waals surface area contributed by atoms with Crippen LogP contribution in [0.5, 0.6) is 5.75 Å². The highest BCUT2D eigenvalue weighted by Gasteiger charge is 2.17. The summed E-state index contributed by atoms with van der Waals surface area (Å²) >= 11 is 0. The molecule has 0 spiro atoms. The van der Waals surface area contributed by atoms with Crippen LogP contribution in [0.15, 0.2) is 48.5 Å². The summed E-state index contributed by atoms with van der Waals surface area (Å²) in [6.07, 6.45) is 0. The number of hydrogen-bond acceptors (Lipinski definition) is 7. The van der Waals surface area contributed by atoms with Crippen LogP contribution >= 0.6 is 12.4 Å². The molecule has 4 aromatic rings. The lowest BCUT2D eigenvalue weighted by molar-refractivity contribution is 0.109. The minimum absolute atomic E-state index is 0. The van der Waals surface area contributed by atoms with Gasteiger partial charge in [-0.1, -0.05) is 24.3 Å². The molecule has 2 aromatic heterocycles. The molecule has 0 unspecified atom stereocenters. The standard InChI is InChI=1S/C23H27N5O3.ClH/c1-29-14-12-27(13-15-30-2)16-21-19-6-4-5-7-20(19)23-25-24-22(28(23)26-21)17-8-10-18(31-3)11-9-17;/h4-11H,12-16H2,1-3H3;1H. The summed E-state index contributed by atoms with van der Waals surface area (Å²) in [5.74, 6) is 1.49. The minimum atomic E-state index is 0. The molecule has 0 atom stereocenters. The fourth-order valence-corrected chi connectivity index (χ4v) is 3.61. The number of methoxy groups -OCH3 is 3. The molecule has 2 aromatic carbocycles. The Kier molecular flexibility index (Phi) is 8.35. The van der Waals surface area contributed by atoms with Crippen molar-refractivity contribution in [3.63, 3.8) is 0 Å². The molecular weight excluding hydrogens is 430 g/mol. The van der Waals surface area contributed by atoms with Crippen LogP contribution in [0.25, 0.3) is 27.8 Å². The van der Waals surface area contributed by atoms with E-state index in [-0.39, 0.29) is 12.4 Å². The van der Waals surface area contributed by atoms with E-state index in [1.54, 1.807) is 21.3 Å². The molecule has 0 radical (unpaired) electrons. The molecule has 0 saturated carbocycles. The van der Waals surface area contributed by atoms with Gasteiger partial charge in [0, 0.05) is 50.2 Å². The average Bonchev–Trinajstić information content (AvgIpc) is 3.25. The van der Waals surface area contributed by atoms with Crippen molar-refractivity contribution in [2.45, 2.75) is 6.54 Å². The fourth-order valence-electron chi connectivity index (χ4n) is 3.61. The number of nitrogens with zero attached hydrogens (tertiary/aromatic N) is 5. The summed E-state index contributed by atoms with van der Waals surface area (Å²) < 4.78 is 17.7. The lowest BCUT2D eigenvalue weighted by Gasteiger charge is -2.22. The molecule has 0 bridgehead atoms. The molecule has 0 amide bonds. The monoisotopic (exact) mass is 457 g/mol. The second-order valence-corrected chi connectivity index (χ2v) is 7.24. The SMILES string of the molecule is COCCN(CCOC)Cc1nn2c(-c3ccc(OC)cc3)nnc2c2ccccc12.Cl. The number of fused-ring (bicyclic) bond motifs is 3. The predicted octanol–water partition coefficient (Wildman–Crippen LogP) is 3.47. The second-order valence-electron chi connectivity index (χ2n) is 7.24. The fraction of sp³-hybridized carbons (Fsp3) is 0.348. The first-order valence-electron chi connectivity index (χ1n) is 10.2. The van der Waals surface area contributed by atoms with E-state index >= 15 is 0 Å². The number of hydrogen-bond donors (Lipinski definition) is 0. The molecule has 0 aliphatic rings. The van der Waals surface area contributed by atoms with Gasteiger partial charge in [-0.05, 0) is 24.3 Å². The van der Waals surface area contributed by atoms with Crippen molar-refractivity contribution in [1.82, 2.24) is 24.7 Å². The zero-order valence-corrected chi connectivity index (χ0v) is 19.3. The van der Waals surface area contributed by atoms with E-state index in [1.165, 1.54) is 0 Å². The minimum Gasteiger partial charge on any atom is -0.497 e. The highest BCUT2D eigenvalue weighted by atomic mass is 35.5. The lowest BCUT2D eigenvalue weighted by atomic mass is 10.1. The third kappa shape index (κ3) is 4.99. The summed E-state index contributed by atoms with van der Waals surface area (Å²) in [6, 6.07) is 16.0. The summed E-state index contributed by atoms with van der Waals surface area (Å²) in [6.45, 7) is 3.55. The zero-order valence-electron chi connectivity index (χ0n) is 18.5. The van der Waals surface area contributed by atoms with Crippen LogP contribution in [0.4, 0.5) is 0 Å². The van der Waals surface area contributed by atoms with Gasteiger partial charge in [0.05, 0.1) is 26.0 Å². The molecule has 170 valence electrons. The molecule has 4 rings (SSSR count). The van der Waals surface area contributed by atoms with Gasteiger partial charge in [-0.25, -0.2) is 0 Å². The van der Waals surface area contributed by atoms with Gasteiger partial charge >= 0.3 is 0 Å². The van der Waals surface area contributed by atoms with E-state index < -0.39 is 0 Å². The van der Waals surface area contributed by atoms with E-state index in [0.29, 0.717) is 25.6 Å². The molecule has 0 aliphatic heterocycles. The Morgan fingerprint density at radius 2 is 1.50 bits per heavy atom. The maximum absolute atomic E-state index is 5.29. The smallest absolute Gasteiger partial charge is 0.186 e. The number of halogens is 1. The number of benzene rings is 2. The van der Waals surface area contributed by atoms with Crippen LogP contribution in [0, 0.1) is 0 Å². The van der Waals surface area contributed by atoms with Gasteiger partial charge in [-0.2, -0.15) is 9.61 Å². The molecule has 2 heterocycles. The largest absolute Gasteiger partial charge is 0.497 e. The van der Waals surface area contributed by atoms with Crippen LogP contribution in [-0.2, 0) is 16.0 Å². The van der Waals surface area contributed by atoms with E-state index in [4.69, 9.17) is 19.3 Å². The Morgan fingerprint density at radius 1 is 0.844 bits per heavy atom. The molecule has 0 aliphatic carbocycles. The van der Waals surface area contributed by atoms with Gasteiger partial charge in [0.1, 0.15) is 5.75 Å². The summed E-state index contributed by atoms with van der Waals surface area (Å²) in [4.78, 5) is 2.28. The van der Waals surface area contributed by atoms with Crippen molar-refractivity contribution < 1.29 is 14.2 Å². The normalized spacial score (nSPS) is 11.2. The maximum Gasteiger partial charge on any atom is 0.186 e. The first kappa shape index (κ1) is 23.9. The average molecular weight is 458 g/mol. The first-order chi connectivity index (χ1) is 15.2. The summed E-state index contributed by atoms with van der Waals surface area (Å²) in [5.41, 5.74) is 2.63. The van der Waals surface area contributed by atoms with Crippen molar-refractivity contribution in [2.24, 2.45) is 0 Å². The Labute approximate surface area is 193 Å². The molecule has 0 saturated heterocycles. The van der Waals surface area contributed by atoms with Crippen LogP contribution in [0.2, 0.25) is 0 Å². The van der Waals surface area contributed by atoms with Crippen molar-refractivity contribution in [3.05, 3.63) is 54.2 Å². The Morgan fingerprint density at radius 3 is 2.12 bits per heavy atom. The summed E-state index contributed by atoms with van der Waals surface area (Å²) in [7, 11) is 5.08. The van der Waals surface area contributed by atoms with E-state index in [2.05, 4.69) is 27.2 Å². The third-order valence-electron chi connectivity index (χ3n) is 5.29. The van der Waals surface area contributed by atoms with Gasteiger partial charge in [-0.3, -0.25) is 4.90 Å². The number of aromatic nitrogens is 4. The quantitative estimate of drug-likeness (QED) is 0.361. The number of ether oxygens (including phenoxy) is 3. The Balaban J connectivity index is 0.00000289. The molecule has 0 fully saturated rings. The van der Waals surface area contributed by atoms with Gasteiger partial charge in [0.15, 0.2) is 11.5 Å². The van der Waals surface area contributed by atoms with Crippen molar-refractivity contribution >= 4 is 28.8 Å². The van der Waals surface area contributed by atoms with E-state index in [1.807, 2.05) is 40.9 Å². The van der Waals surface area contributed by atoms with Crippen molar-refractivity contribution in [1.29, 1.82) is 0 Å². The zero-order chi connectivity index (χ0) is 21.6. The molecule has 32 heavy (non-hydrogen) atoms. The molecule has 8 nitrogen and oxygen atoms in total. The van der Waals surface area contributed by atoms with Crippen LogP contribution in [0.3, 0.4) is 0 Å². The van der Waals surface area contributed by atoms with Crippen molar-refractivity contribution in [2.75, 3.05) is 47.6 Å². The Hall–Kier alpha value is -2.78. The van der Waals surface area contributed by atoms with E-state index in [0.717, 1.165) is 46.5 Å². The van der Waals surface area contributed by atoms with Crippen LogP contribution < -0.4 is 4.74 Å². The highest BCUT2D eigenvalue weighted by molar-refractivity contribution is 5.95. The molecule has 9 heteroatoms. The number of rotatable bonds is 10. The van der Waals surface area contributed by atoms with Crippen LogP contribution in [0.1, 0.15) is 5.69 Å². The third-order valence-corrected chi connectivity index (χ3v) is 5.29. The van der Waals surface area contributed by atoms with Crippen molar-refractivity contribution in [3.8, 4) is 17.1 Å². The highest BCUT2D eigenvalue weighted by Crippen LogP contribution is 2.26. The van der Waals surface area contributed by atoms with E-state index in [9.17, 15) is 0 Å². The van der Waals surface area contributed by atoms with Gasteiger partial charge < -0.3 is 14.2 Å². The predicted molar refractivity (Wildman–Crippen MR) is 127 cm³/mol. The topological polar surface area (TPSA) is 74.0 Å². The van der Waals surface area contributed by atoms with Crippen LogP contribution in [-0.4, -0.2) is 72.3 Å². The van der Waals surface area contributed by atoms with Gasteiger partial charge in [-0.15, -0.1) is 22.6 Å². The maximum atomic E-state index is 5.29. The summed E-state index contributed by atoms with van der Waals surface area (Å²) in [5, 5.41) is 16.0. The lowest BCUT2D eigenvalue weighted by Crippen LogP contribution is -2.31. The molecule has 0 N–H and O–H groups in total. The molecular formula is C23H28ClN5O3.